The van der Waals surface area contributed by atoms with Crippen LogP contribution in [0.1, 0.15) is 26.5 Å². The third-order valence-electron chi connectivity index (χ3n) is 1.12. The first-order valence-electron chi connectivity index (χ1n) is 4.12. The lowest BCUT2D eigenvalue weighted by atomic mass is 10.4. The molecule has 0 saturated carbocycles. The number of rotatable bonds is 3. The lowest BCUT2D eigenvalue weighted by Crippen LogP contribution is -2.11. The van der Waals surface area contributed by atoms with Crippen molar-refractivity contribution < 1.29 is 0 Å². The van der Waals surface area contributed by atoms with E-state index in [0.717, 1.165) is 18.8 Å². The number of nitrogens with zero attached hydrogens (tertiary/aromatic N) is 1. The summed E-state index contributed by atoms with van der Waals surface area (Å²) in [6.07, 6.45) is 1.76. The highest BCUT2D eigenvalue weighted by molar-refractivity contribution is 4.96. The molecule has 0 spiro atoms. The number of hydrogen-bond acceptors (Lipinski definition) is 2. The Hall–Kier alpha value is -0.830. The Bertz CT molecular complexity index is 146. The van der Waals surface area contributed by atoms with Crippen LogP contribution in [0.2, 0.25) is 0 Å². The molecule has 0 bridgehead atoms. The van der Waals surface area contributed by atoms with E-state index in [9.17, 15) is 0 Å². The Labute approximate surface area is 68.2 Å². The molecule has 11 heavy (non-hydrogen) atoms. The van der Waals surface area contributed by atoms with Gasteiger partial charge >= 0.3 is 0 Å². The minimum Gasteiger partial charge on any atom is -0.311 e. The van der Waals surface area contributed by atoms with E-state index in [1.165, 1.54) is 0 Å². The van der Waals surface area contributed by atoms with Crippen molar-refractivity contribution in [3.05, 3.63) is 18.0 Å². The van der Waals surface area contributed by atoms with E-state index < -0.39 is 0 Å². The summed E-state index contributed by atoms with van der Waals surface area (Å²) in [4.78, 5) is 0. The summed E-state index contributed by atoms with van der Waals surface area (Å²) < 4.78 is 0. The number of nitrogens with one attached hydrogen (secondary N) is 2. The molecule has 0 saturated heterocycles. The summed E-state index contributed by atoms with van der Waals surface area (Å²) in [5, 5.41) is 9.85. The van der Waals surface area contributed by atoms with E-state index in [1.807, 2.05) is 19.9 Å². The molecule has 2 N–H and O–H groups in total. The molecule has 1 aromatic heterocycles. The van der Waals surface area contributed by atoms with Gasteiger partial charge in [0.2, 0.25) is 0 Å². The fourth-order valence-electron chi connectivity index (χ4n) is 0.643. The van der Waals surface area contributed by atoms with Gasteiger partial charge in [0.25, 0.3) is 0 Å². The van der Waals surface area contributed by atoms with Gasteiger partial charge in [0.05, 0.1) is 0 Å². The molecule has 1 aromatic rings. The summed E-state index contributed by atoms with van der Waals surface area (Å²) >= 11 is 0. The van der Waals surface area contributed by atoms with Gasteiger partial charge in [0.1, 0.15) is 0 Å². The first-order valence-corrected chi connectivity index (χ1v) is 4.12. The first-order chi connectivity index (χ1) is 5.43. The predicted molar refractivity (Wildman–Crippen MR) is 47.3 cm³/mol. The zero-order valence-electron chi connectivity index (χ0n) is 7.52. The van der Waals surface area contributed by atoms with Gasteiger partial charge in [-0.1, -0.05) is 20.8 Å². The van der Waals surface area contributed by atoms with Crippen molar-refractivity contribution in [3.63, 3.8) is 0 Å². The number of hydrogen-bond donors (Lipinski definition) is 2. The molecule has 64 valence electrons. The van der Waals surface area contributed by atoms with Crippen molar-refractivity contribution in [2.75, 3.05) is 6.54 Å². The van der Waals surface area contributed by atoms with Crippen LogP contribution < -0.4 is 5.32 Å². The van der Waals surface area contributed by atoms with Crippen LogP contribution in [0.3, 0.4) is 0 Å². The van der Waals surface area contributed by atoms with Crippen molar-refractivity contribution in [2.24, 2.45) is 0 Å². The average molecular weight is 155 g/mol. The van der Waals surface area contributed by atoms with Gasteiger partial charge in [-0.2, -0.15) is 5.10 Å². The average Bonchev–Trinajstić information content (AvgIpc) is 2.57. The third-order valence-corrected chi connectivity index (χ3v) is 1.12. The largest absolute Gasteiger partial charge is 0.311 e. The second-order valence-electron chi connectivity index (χ2n) is 1.86. The van der Waals surface area contributed by atoms with Crippen molar-refractivity contribution in [3.8, 4) is 0 Å². The molecule has 0 radical (unpaired) electrons. The van der Waals surface area contributed by atoms with Gasteiger partial charge in [-0.25, -0.2) is 0 Å². The lowest BCUT2D eigenvalue weighted by Gasteiger charge is -1.94. The standard InChI is InChI=1S/C6H11N3.C2H6/c1-2-7-5-6-3-4-8-9-6;1-2/h3-4,7H,2,5H2,1H3,(H,8,9);1-2H3. The molecule has 0 aliphatic heterocycles. The van der Waals surface area contributed by atoms with E-state index in [-0.39, 0.29) is 0 Å². The summed E-state index contributed by atoms with van der Waals surface area (Å²) in [7, 11) is 0. The van der Waals surface area contributed by atoms with E-state index in [1.54, 1.807) is 6.20 Å². The third kappa shape index (κ3) is 4.56. The highest BCUT2D eigenvalue weighted by Gasteiger charge is 1.88. The molecule has 0 aliphatic rings. The quantitative estimate of drug-likeness (QED) is 0.695. The smallest absolute Gasteiger partial charge is 0.0490 e. The first kappa shape index (κ1) is 10.2. The van der Waals surface area contributed by atoms with Gasteiger partial charge in [0.15, 0.2) is 0 Å². The Morgan fingerprint density at radius 1 is 1.55 bits per heavy atom. The van der Waals surface area contributed by atoms with Gasteiger partial charge < -0.3 is 5.32 Å². The SMILES string of the molecule is CC.CCNCc1ccn[nH]1. The molecule has 0 amide bonds. The molecular weight excluding hydrogens is 138 g/mol. The minimum atomic E-state index is 0.885. The lowest BCUT2D eigenvalue weighted by molar-refractivity contribution is 0.707. The van der Waals surface area contributed by atoms with Crippen molar-refractivity contribution in [1.82, 2.24) is 15.5 Å². The van der Waals surface area contributed by atoms with Crippen molar-refractivity contribution in [2.45, 2.75) is 27.3 Å². The maximum Gasteiger partial charge on any atom is 0.0490 e. The van der Waals surface area contributed by atoms with Crippen LogP contribution in [0.15, 0.2) is 12.3 Å². The maximum atomic E-state index is 3.81. The van der Waals surface area contributed by atoms with Gasteiger partial charge in [-0.3, -0.25) is 5.10 Å². The maximum absolute atomic E-state index is 3.81. The zero-order chi connectivity index (χ0) is 8.53. The second kappa shape index (κ2) is 7.28. The highest BCUT2D eigenvalue weighted by Crippen LogP contribution is 1.88. The zero-order valence-corrected chi connectivity index (χ0v) is 7.52. The van der Waals surface area contributed by atoms with Crippen LogP contribution in [-0.2, 0) is 6.54 Å². The van der Waals surface area contributed by atoms with Crippen LogP contribution in [0.5, 0.6) is 0 Å². The Morgan fingerprint density at radius 2 is 2.27 bits per heavy atom. The van der Waals surface area contributed by atoms with Crippen LogP contribution in [0.25, 0.3) is 0 Å². The molecule has 0 atom stereocenters. The summed E-state index contributed by atoms with van der Waals surface area (Å²) in [6.45, 7) is 7.96. The molecule has 0 aromatic carbocycles. The molecule has 3 heteroatoms. The molecule has 3 nitrogen and oxygen atoms in total. The van der Waals surface area contributed by atoms with Gasteiger partial charge in [-0.05, 0) is 12.6 Å². The topological polar surface area (TPSA) is 40.7 Å². The second-order valence-corrected chi connectivity index (χ2v) is 1.86. The molecule has 1 heterocycles. The van der Waals surface area contributed by atoms with Crippen LogP contribution in [0, 0.1) is 0 Å². The van der Waals surface area contributed by atoms with Crippen LogP contribution >= 0.6 is 0 Å². The summed E-state index contributed by atoms with van der Waals surface area (Å²) in [5.41, 5.74) is 1.14. The van der Waals surface area contributed by atoms with Gasteiger partial charge in [-0.15, -0.1) is 0 Å². The molecular formula is C8H17N3. The van der Waals surface area contributed by atoms with Crippen molar-refractivity contribution in [1.29, 1.82) is 0 Å². The monoisotopic (exact) mass is 155 g/mol. The molecule has 1 rings (SSSR count). The summed E-state index contributed by atoms with van der Waals surface area (Å²) in [5.74, 6) is 0. The number of aromatic nitrogens is 2. The normalized spacial score (nSPS) is 8.64. The van der Waals surface area contributed by atoms with Gasteiger partial charge in [0, 0.05) is 18.4 Å². The summed E-state index contributed by atoms with van der Waals surface area (Å²) in [6, 6.07) is 1.96. The number of H-pyrrole nitrogens is 1. The van der Waals surface area contributed by atoms with Crippen molar-refractivity contribution >= 4 is 0 Å². The Kier molecular flexibility index (Phi) is 6.73. The van der Waals surface area contributed by atoms with E-state index >= 15 is 0 Å². The van der Waals surface area contributed by atoms with Crippen LogP contribution in [-0.4, -0.2) is 16.7 Å². The highest BCUT2D eigenvalue weighted by atomic mass is 15.1. The fourth-order valence-corrected chi connectivity index (χ4v) is 0.643. The Balaban J connectivity index is 0.000000461. The van der Waals surface area contributed by atoms with E-state index in [4.69, 9.17) is 0 Å². The fraction of sp³-hybridized carbons (Fsp3) is 0.625. The molecule has 0 unspecified atom stereocenters. The van der Waals surface area contributed by atoms with E-state index in [2.05, 4.69) is 22.4 Å². The van der Waals surface area contributed by atoms with E-state index in [0.29, 0.717) is 0 Å². The minimum absolute atomic E-state index is 0.885. The predicted octanol–water partition coefficient (Wildman–Crippen LogP) is 1.55. The Morgan fingerprint density at radius 3 is 2.73 bits per heavy atom. The molecule has 0 aliphatic carbocycles. The molecule has 0 fully saturated rings. The van der Waals surface area contributed by atoms with Crippen LogP contribution in [0.4, 0.5) is 0 Å². The number of aromatic amines is 1.